The van der Waals surface area contributed by atoms with Gasteiger partial charge in [-0.3, -0.25) is 5.10 Å². The van der Waals surface area contributed by atoms with Crippen LogP contribution >= 0.6 is 0 Å². The molecular formula is C27H26N6O2. The Morgan fingerprint density at radius 3 is 2.57 bits per heavy atom. The molecule has 8 nitrogen and oxygen atoms in total. The van der Waals surface area contributed by atoms with E-state index in [1.807, 2.05) is 48.8 Å². The van der Waals surface area contributed by atoms with Gasteiger partial charge < -0.3 is 20.1 Å². The fourth-order valence-electron chi connectivity index (χ4n) is 4.67. The average Bonchev–Trinajstić information content (AvgIpc) is 3.56. The van der Waals surface area contributed by atoms with Crippen LogP contribution in [0, 0.1) is 0 Å². The summed E-state index contributed by atoms with van der Waals surface area (Å²) in [5, 5.41) is 20.8. The van der Waals surface area contributed by atoms with Crippen LogP contribution in [0.15, 0.2) is 67.1 Å². The molecule has 0 bridgehead atoms. The minimum Gasteiger partial charge on any atom is -0.508 e. The number of phenolic OH excluding ortho intramolecular Hbond substituents is 1. The fourth-order valence-corrected chi connectivity index (χ4v) is 4.67. The van der Waals surface area contributed by atoms with Gasteiger partial charge in [0.2, 0.25) is 11.8 Å². The Morgan fingerprint density at radius 1 is 0.914 bits per heavy atom. The van der Waals surface area contributed by atoms with E-state index in [2.05, 4.69) is 20.5 Å². The normalized spacial score (nSPS) is 14.3. The van der Waals surface area contributed by atoms with Crippen molar-refractivity contribution in [1.82, 2.24) is 25.1 Å². The molecule has 4 N–H and O–H groups in total. The van der Waals surface area contributed by atoms with Crippen molar-refractivity contribution < 1.29 is 9.84 Å². The Labute approximate surface area is 202 Å². The van der Waals surface area contributed by atoms with Gasteiger partial charge in [-0.2, -0.15) is 15.1 Å². The number of fused-ring (bicyclic) bond motifs is 1. The van der Waals surface area contributed by atoms with Gasteiger partial charge in [-0.25, -0.2) is 0 Å². The summed E-state index contributed by atoms with van der Waals surface area (Å²) in [5.74, 6) is 1.26. The number of aromatic nitrogens is 5. The number of aromatic amines is 2. The highest BCUT2D eigenvalue weighted by Crippen LogP contribution is 2.37. The second-order valence-electron chi connectivity index (χ2n) is 8.90. The molecule has 2 aromatic carbocycles. The van der Waals surface area contributed by atoms with Gasteiger partial charge >= 0.3 is 0 Å². The van der Waals surface area contributed by atoms with Crippen LogP contribution in [0.4, 0.5) is 11.6 Å². The smallest absolute Gasteiger partial charge is 0.232 e. The predicted molar refractivity (Wildman–Crippen MR) is 136 cm³/mol. The lowest BCUT2D eigenvalue weighted by Crippen LogP contribution is -2.20. The number of H-pyrrole nitrogens is 2. The molecule has 1 aliphatic rings. The summed E-state index contributed by atoms with van der Waals surface area (Å²) < 4.78 is 6.50. The van der Waals surface area contributed by atoms with Crippen molar-refractivity contribution >= 4 is 22.7 Å². The molecule has 3 aromatic heterocycles. The standard InChI is InChI=1S/C27H26N6O2/c34-21-11-9-17(10-12-21)23-16-28-25-24(23)26(35-22-7-2-1-3-8-22)33-27(32-25)31-20-6-4-5-18(13-20)19-14-29-30-15-19/h4-6,9-16,22,34H,1-3,7-8H2,(H,29,30)(H2,28,31,32,33). The van der Waals surface area contributed by atoms with Gasteiger partial charge in [-0.05, 0) is 61.1 Å². The third-order valence-electron chi connectivity index (χ3n) is 6.46. The number of rotatable bonds is 6. The molecule has 35 heavy (non-hydrogen) atoms. The largest absolute Gasteiger partial charge is 0.508 e. The minimum atomic E-state index is 0.140. The number of nitrogens with zero attached hydrogens (tertiary/aromatic N) is 3. The van der Waals surface area contributed by atoms with E-state index in [0.29, 0.717) is 17.5 Å². The number of anilines is 2. The van der Waals surface area contributed by atoms with Crippen molar-refractivity contribution in [3.8, 4) is 33.9 Å². The lowest BCUT2D eigenvalue weighted by atomic mass is 9.98. The van der Waals surface area contributed by atoms with Gasteiger partial charge in [-0.1, -0.05) is 30.7 Å². The molecule has 0 saturated heterocycles. The van der Waals surface area contributed by atoms with Gasteiger partial charge in [0.05, 0.1) is 11.6 Å². The van der Waals surface area contributed by atoms with Crippen LogP contribution in [0.1, 0.15) is 32.1 Å². The van der Waals surface area contributed by atoms with E-state index in [-0.39, 0.29) is 11.9 Å². The van der Waals surface area contributed by atoms with E-state index in [4.69, 9.17) is 14.7 Å². The minimum absolute atomic E-state index is 0.140. The van der Waals surface area contributed by atoms with Crippen molar-refractivity contribution in [2.24, 2.45) is 0 Å². The topological polar surface area (TPSA) is 112 Å². The van der Waals surface area contributed by atoms with Crippen molar-refractivity contribution in [3.63, 3.8) is 0 Å². The van der Waals surface area contributed by atoms with Gasteiger partial charge in [0.25, 0.3) is 0 Å². The molecule has 1 aliphatic carbocycles. The van der Waals surface area contributed by atoms with Crippen molar-refractivity contribution in [3.05, 3.63) is 67.1 Å². The Balaban J connectivity index is 1.39. The van der Waals surface area contributed by atoms with Gasteiger partial charge in [0, 0.05) is 29.2 Å². The van der Waals surface area contributed by atoms with Crippen LogP contribution < -0.4 is 10.1 Å². The molecule has 3 heterocycles. The summed E-state index contributed by atoms with van der Waals surface area (Å²) in [6.45, 7) is 0. The number of ether oxygens (including phenoxy) is 1. The van der Waals surface area contributed by atoms with E-state index in [1.165, 1.54) is 19.3 Å². The summed E-state index contributed by atoms with van der Waals surface area (Å²) >= 11 is 0. The Kier molecular flexibility index (Phi) is 5.54. The van der Waals surface area contributed by atoms with Crippen LogP contribution in [0.5, 0.6) is 11.6 Å². The molecule has 0 unspecified atom stereocenters. The Bertz CT molecular complexity index is 1440. The highest BCUT2D eigenvalue weighted by Gasteiger charge is 2.21. The van der Waals surface area contributed by atoms with Gasteiger partial charge in [0.15, 0.2) is 0 Å². The first-order valence-electron chi connectivity index (χ1n) is 11.9. The van der Waals surface area contributed by atoms with Crippen molar-refractivity contribution in [1.29, 1.82) is 0 Å². The lowest BCUT2D eigenvalue weighted by molar-refractivity contribution is 0.151. The number of phenols is 1. The number of hydrogen-bond acceptors (Lipinski definition) is 6. The van der Waals surface area contributed by atoms with E-state index in [0.717, 1.165) is 46.2 Å². The highest BCUT2D eigenvalue weighted by molar-refractivity contribution is 5.98. The third-order valence-corrected chi connectivity index (χ3v) is 6.46. The SMILES string of the molecule is Oc1ccc(-c2c[nH]c3nc(Nc4cccc(-c5cn[nH]c5)c4)nc(OC4CCCCC4)c23)cc1. The van der Waals surface area contributed by atoms with E-state index in [9.17, 15) is 5.11 Å². The van der Waals surface area contributed by atoms with E-state index >= 15 is 0 Å². The summed E-state index contributed by atoms with van der Waals surface area (Å²) in [5.41, 5.74) is 5.52. The van der Waals surface area contributed by atoms with Crippen LogP contribution in [-0.2, 0) is 0 Å². The zero-order valence-electron chi connectivity index (χ0n) is 19.2. The summed E-state index contributed by atoms with van der Waals surface area (Å²) in [4.78, 5) is 12.9. The van der Waals surface area contributed by atoms with Crippen LogP contribution in [0.2, 0.25) is 0 Å². The lowest BCUT2D eigenvalue weighted by Gasteiger charge is -2.23. The maximum Gasteiger partial charge on any atom is 0.232 e. The average molecular weight is 467 g/mol. The predicted octanol–water partition coefficient (Wildman–Crippen LogP) is 6.18. The van der Waals surface area contributed by atoms with Crippen LogP contribution in [0.3, 0.4) is 0 Å². The Hall–Kier alpha value is -4.33. The molecule has 176 valence electrons. The van der Waals surface area contributed by atoms with Gasteiger partial charge in [0.1, 0.15) is 17.5 Å². The summed E-state index contributed by atoms with van der Waals surface area (Å²) in [6, 6.07) is 15.2. The zero-order valence-corrected chi connectivity index (χ0v) is 19.2. The molecule has 6 rings (SSSR count). The molecule has 8 heteroatoms. The number of nitrogens with one attached hydrogen (secondary N) is 3. The first-order valence-corrected chi connectivity index (χ1v) is 11.9. The van der Waals surface area contributed by atoms with Crippen LogP contribution in [0.25, 0.3) is 33.3 Å². The number of benzene rings is 2. The molecule has 0 atom stereocenters. The molecule has 1 fully saturated rings. The maximum atomic E-state index is 9.72. The van der Waals surface area contributed by atoms with Crippen molar-refractivity contribution in [2.45, 2.75) is 38.2 Å². The summed E-state index contributed by atoms with van der Waals surface area (Å²) in [7, 11) is 0. The van der Waals surface area contributed by atoms with Gasteiger partial charge in [-0.15, -0.1) is 0 Å². The first kappa shape index (κ1) is 21.2. The quantitative estimate of drug-likeness (QED) is 0.238. The maximum absolute atomic E-state index is 9.72. The number of aromatic hydroxyl groups is 1. The summed E-state index contributed by atoms with van der Waals surface area (Å²) in [6.07, 6.45) is 11.4. The van der Waals surface area contributed by atoms with Crippen molar-refractivity contribution in [2.75, 3.05) is 5.32 Å². The highest BCUT2D eigenvalue weighted by atomic mass is 16.5. The second kappa shape index (κ2) is 9.13. The van der Waals surface area contributed by atoms with Crippen LogP contribution in [-0.4, -0.2) is 36.4 Å². The monoisotopic (exact) mass is 466 g/mol. The van der Waals surface area contributed by atoms with E-state index < -0.39 is 0 Å². The first-order chi connectivity index (χ1) is 17.2. The molecule has 0 spiro atoms. The molecule has 0 radical (unpaired) electrons. The zero-order chi connectivity index (χ0) is 23.6. The fraction of sp³-hybridized carbons (Fsp3) is 0.222. The molecule has 0 aliphatic heterocycles. The number of hydrogen-bond donors (Lipinski definition) is 4. The second-order valence-corrected chi connectivity index (χ2v) is 8.90. The third kappa shape index (κ3) is 4.42. The molecule has 0 amide bonds. The molecule has 1 saturated carbocycles. The Morgan fingerprint density at radius 2 is 1.77 bits per heavy atom. The molecule has 5 aromatic rings. The van der Waals surface area contributed by atoms with E-state index in [1.54, 1.807) is 18.3 Å². The molecular weight excluding hydrogens is 440 g/mol.